The fraction of sp³-hybridized carbons (Fsp3) is 0.455. The van der Waals surface area contributed by atoms with Crippen LogP contribution in [0.15, 0.2) is 12.1 Å². The van der Waals surface area contributed by atoms with Gasteiger partial charge in [-0.2, -0.15) is 0 Å². The molecule has 0 fully saturated rings. The van der Waals surface area contributed by atoms with Crippen molar-refractivity contribution < 1.29 is 28.0 Å². The molecule has 0 radical (unpaired) electrons. The molecule has 0 amide bonds. The Kier molecular flexibility index (Phi) is 7.78. The molecular formula is C11H16ClNO2Pd. The third kappa shape index (κ3) is 4.71. The summed E-state index contributed by atoms with van der Waals surface area (Å²) in [6.07, 6.45) is 0. The summed E-state index contributed by atoms with van der Waals surface area (Å²) in [4.78, 5) is 2.05. The molecule has 0 bridgehead atoms. The maximum absolute atomic E-state index is 11.5. The van der Waals surface area contributed by atoms with E-state index in [1.54, 1.807) is 6.07 Å². The first-order chi connectivity index (χ1) is 7.54. The van der Waals surface area contributed by atoms with Gasteiger partial charge in [-0.1, -0.05) is 17.4 Å². The summed E-state index contributed by atoms with van der Waals surface area (Å²) < 4.78 is 5.02. The van der Waals surface area contributed by atoms with Crippen molar-refractivity contribution >= 4 is 9.53 Å². The quantitative estimate of drug-likeness (QED) is 0.790. The Morgan fingerprint density at radius 3 is 2.38 bits per heavy atom. The summed E-state index contributed by atoms with van der Waals surface area (Å²) in [7, 11) is 10.00. The number of aryl methyl sites for hydroxylation is 1. The number of benzene rings is 1. The van der Waals surface area contributed by atoms with Crippen LogP contribution in [0.5, 0.6) is 11.5 Å². The van der Waals surface area contributed by atoms with Crippen molar-refractivity contribution in [3.05, 3.63) is 23.3 Å². The van der Waals surface area contributed by atoms with E-state index in [2.05, 4.69) is 32.6 Å². The monoisotopic (exact) mass is 335 g/mol. The van der Waals surface area contributed by atoms with Gasteiger partial charge in [-0.3, -0.25) is 0 Å². The summed E-state index contributed by atoms with van der Waals surface area (Å²) in [5.41, 5.74) is 1.84. The van der Waals surface area contributed by atoms with Crippen LogP contribution in [0.1, 0.15) is 11.1 Å². The van der Waals surface area contributed by atoms with E-state index in [1.165, 1.54) is 7.11 Å². The Morgan fingerprint density at radius 1 is 1.38 bits per heavy atom. The molecule has 1 rings (SSSR count). The summed E-state index contributed by atoms with van der Waals surface area (Å²) in [6, 6.07) is 3.71. The van der Waals surface area contributed by atoms with Crippen molar-refractivity contribution in [2.75, 3.05) is 21.2 Å². The second-order valence-corrected chi connectivity index (χ2v) is 3.68. The third-order valence-corrected chi connectivity index (χ3v) is 2.02. The van der Waals surface area contributed by atoms with Crippen molar-refractivity contribution in [3.63, 3.8) is 0 Å². The van der Waals surface area contributed by atoms with Crippen LogP contribution in [0, 0.1) is 6.92 Å². The Balaban J connectivity index is 0.00000106. The number of methoxy groups -OCH3 is 1. The van der Waals surface area contributed by atoms with Gasteiger partial charge in [0.1, 0.15) is 5.75 Å². The zero-order valence-corrected chi connectivity index (χ0v) is 12.1. The van der Waals surface area contributed by atoms with Crippen molar-refractivity contribution in [3.8, 4) is 11.5 Å². The maximum atomic E-state index is 11.5. The van der Waals surface area contributed by atoms with E-state index >= 15 is 0 Å². The molecule has 0 aromatic heterocycles. The number of nitrogens with zero attached hydrogens (tertiary/aromatic N) is 1. The molecule has 3 nitrogen and oxygen atoms in total. The topological polar surface area (TPSA) is 35.5 Å². The fourth-order valence-electron chi connectivity index (χ4n) is 1.42. The number of hydrogen-bond acceptors (Lipinski definition) is 3. The Bertz CT molecular complexity index is 332. The van der Waals surface area contributed by atoms with Gasteiger partial charge in [-0.25, -0.2) is 0 Å². The third-order valence-electron chi connectivity index (χ3n) is 2.02. The van der Waals surface area contributed by atoms with Gasteiger partial charge in [0.15, 0.2) is 0 Å². The zero-order chi connectivity index (χ0) is 12.7. The molecular weight excluding hydrogens is 320 g/mol. The molecule has 0 aliphatic carbocycles. The number of ether oxygens (including phenoxy) is 1. The summed E-state index contributed by atoms with van der Waals surface area (Å²) in [5.74, 6) is 0.414. The standard InChI is InChI=1S/C11H17NO2.ClH.Pd/c1-8-5-9(7-12(2)3)6-10(14-4)11(8)13;;/h5-6,13H,7H2,1-4H3;1H;/q;;+2/p-2. The minimum atomic E-state index is -0.0185. The van der Waals surface area contributed by atoms with Crippen LogP contribution in [-0.2, 0) is 24.7 Å². The Labute approximate surface area is 112 Å². The molecule has 0 unspecified atom stereocenters. The first-order valence-electron chi connectivity index (χ1n) is 4.65. The number of rotatable bonds is 3. The van der Waals surface area contributed by atoms with Crippen molar-refractivity contribution in [1.82, 2.24) is 4.90 Å². The average molecular weight is 336 g/mol. The van der Waals surface area contributed by atoms with E-state index in [9.17, 15) is 5.11 Å². The van der Waals surface area contributed by atoms with Crippen LogP contribution in [0.2, 0.25) is 0 Å². The molecule has 0 atom stereocenters. The zero-order valence-electron chi connectivity index (χ0n) is 9.82. The molecule has 1 aromatic rings. The van der Waals surface area contributed by atoms with Gasteiger partial charge in [0.05, 0.1) is 7.11 Å². The van der Waals surface area contributed by atoms with Crippen LogP contribution in [0.4, 0.5) is 0 Å². The van der Waals surface area contributed by atoms with Crippen LogP contribution in [-0.4, -0.2) is 26.1 Å². The molecule has 0 spiro atoms. The second-order valence-electron chi connectivity index (χ2n) is 3.68. The molecule has 0 saturated carbocycles. The summed E-state index contributed by atoms with van der Waals surface area (Å²) in [5, 5.41) is 11.5. The van der Waals surface area contributed by atoms with Crippen LogP contribution in [0.25, 0.3) is 0 Å². The van der Waals surface area contributed by atoms with E-state index in [1.807, 2.05) is 27.1 Å². The fourth-order valence-corrected chi connectivity index (χ4v) is 1.42. The molecule has 94 valence electrons. The van der Waals surface area contributed by atoms with E-state index in [4.69, 9.17) is 4.74 Å². The predicted octanol–water partition coefficient (Wildman–Crippen LogP) is 1.83. The van der Waals surface area contributed by atoms with Gasteiger partial charge in [-0.15, -0.1) is 0 Å². The van der Waals surface area contributed by atoms with Crippen molar-refractivity contribution in [2.24, 2.45) is 0 Å². The molecule has 0 aliphatic heterocycles. The first kappa shape index (κ1) is 15.7. The number of hydrogen-bond donors (Lipinski definition) is 0. The van der Waals surface area contributed by atoms with Crippen LogP contribution < -0.4 is 9.84 Å². The van der Waals surface area contributed by atoms with Crippen molar-refractivity contribution in [1.29, 1.82) is 0 Å². The average Bonchev–Trinajstić information content (AvgIpc) is 2.25. The van der Waals surface area contributed by atoms with Crippen molar-refractivity contribution in [2.45, 2.75) is 13.5 Å². The van der Waals surface area contributed by atoms with Gasteiger partial charge < -0.3 is 14.7 Å². The molecule has 0 N–H and O–H groups in total. The molecule has 0 aliphatic rings. The summed E-state index contributed by atoms with van der Waals surface area (Å²) in [6.45, 7) is 2.63. The van der Waals surface area contributed by atoms with E-state index in [0.29, 0.717) is 5.75 Å². The van der Waals surface area contributed by atoms with Crippen LogP contribution >= 0.6 is 9.53 Å². The van der Waals surface area contributed by atoms with Gasteiger partial charge in [-0.05, 0) is 32.6 Å². The van der Waals surface area contributed by atoms with Gasteiger partial charge in [0.25, 0.3) is 0 Å². The SMILES string of the molecule is COc1cc(CN(C)C)cc(C)c1[O-].[Cl][Pd+]. The molecule has 16 heavy (non-hydrogen) atoms. The Morgan fingerprint density at radius 2 is 1.94 bits per heavy atom. The summed E-state index contributed by atoms with van der Waals surface area (Å²) >= 11 is 2.22. The molecule has 1 aromatic carbocycles. The Hall–Kier alpha value is -0.268. The predicted molar refractivity (Wildman–Crippen MR) is 60.4 cm³/mol. The van der Waals surface area contributed by atoms with E-state index in [-0.39, 0.29) is 5.75 Å². The van der Waals surface area contributed by atoms with Crippen LogP contribution in [0.3, 0.4) is 0 Å². The minimum absolute atomic E-state index is 0.0185. The molecule has 0 saturated heterocycles. The van der Waals surface area contributed by atoms with E-state index < -0.39 is 0 Å². The van der Waals surface area contributed by atoms with Gasteiger partial charge in [0, 0.05) is 6.54 Å². The molecule has 5 heteroatoms. The molecule has 0 heterocycles. The number of halogens is 1. The van der Waals surface area contributed by atoms with E-state index in [0.717, 1.165) is 17.7 Å². The van der Waals surface area contributed by atoms with Gasteiger partial charge in [0.2, 0.25) is 0 Å². The van der Waals surface area contributed by atoms with Gasteiger partial charge >= 0.3 is 27.7 Å². The second kappa shape index (κ2) is 7.92. The normalized spacial score (nSPS) is 9.75. The first-order valence-corrected chi connectivity index (χ1v) is 6.66.